The molecule has 3 heteroatoms. The van der Waals surface area contributed by atoms with E-state index in [1.54, 1.807) is 7.11 Å². The number of hydrogen-bond donors (Lipinski definition) is 1. The van der Waals surface area contributed by atoms with Gasteiger partial charge >= 0.3 is 0 Å². The maximum Gasteiger partial charge on any atom is 0.134 e. The monoisotopic (exact) mass is 209 g/mol. The number of aryl methyl sites for hydroxylation is 1. The smallest absolute Gasteiger partial charge is 0.134 e. The molecule has 1 N–H and O–H groups in total. The van der Waals surface area contributed by atoms with Crippen LogP contribution in [-0.2, 0) is 4.74 Å². The first-order chi connectivity index (χ1) is 7.26. The van der Waals surface area contributed by atoms with Crippen LogP contribution in [0.15, 0.2) is 24.3 Å². The lowest BCUT2D eigenvalue weighted by atomic mass is 10.2. The van der Waals surface area contributed by atoms with Gasteiger partial charge in [0.1, 0.15) is 11.9 Å². The molecular formula is C12H19NO2. The van der Waals surface area contributed by atoms with Crippen molar-refractivity contribution in [2.75, 3.05) is 27.3 Å². The summed E-state index contributed by atoms with van der Waals surface area (Å²) in [4.78, 5) is 0. The second kappa shape index (κ2) is 6.43. The Balaban J connectivity index is 2.53. The van der Waals surface area contributed by atoms with Gasteiger partial charge in [0.25, 0.3) is 0 Å². The molecule has 84 valence electrons. The van der Waals surface area contributed by atoms with Gasteiger partial charge in [-0.3, -0.25) is 0 Å². The predicted octanol–water partition coefficient (Wildman–Crippen LogP) is 1.61. The molecule has 0 radical (unpaired) electrons. The van der Waals surface area contributed by atoms with Crippen molar-refractivity contribution in [3.63, 3.8) is 0 Å². The van der Waals surface area contributed by atoms with Gasteiger partial charge in [0.15, 0.2) is 0 Å². The molecule has 1 atom stereocenters. The number of hydrogen-bond acceptors (Lipinski definition) is 3. The summed E-state index contributed by atoms with van der Waals surface area (Å²) in [5.74, 6) is 0.887. The van der Waals surface area contributed by atoms with Crippen LogP contribution in [-0.4, -0.2) is 33.4 Å². The van der Waals surface area contributed by atoms with Gasteiger partial charge < -0.3 is 14.8 Å². The van der Waals surface area contributed by atoms with E-state index in [-0.39, 0.29) is 6.10 Å². The van der Waals surface area contributed by atoms with E-state index in [4.69, 9.17) is 9.47 Å². The largest absolute Gasteiger partial charge is 0.487 e. The zero-order valence-electron chi connectivity index (χ0n) is 9.62. The second-order valence-electron chi connectivity index (χ2n) is 3.57. The Kier molecular flexibility index (Phi) is 5.15. The van der Waals surface area contributed by atoms with Crippen LogP contribution in [0.3, 0.4) is 0 Å². The molecule has 0 aliphatic heterocycles. The Morgan fingerprint density at radius 3 is 2.47 bits per heavy atom. The lowest BCUT2D eigenvalue weighted by Gasteiger charge is -2.18. The third-order valence-electron chi connectivity index (χ3n) is 2.11. The molecule has 0 fully saturated rings. The summed E-state index contributed by atoms with van der Waals surface area (Å²) < 4.78 is 10.9. The van der Waals surface area contributed by atoms with E-state index in [9.17, 15) is 0 Å². The molecule has 0 heterocycles. The van der Waals surface area contributed by atoms with Gasteiger partial charge in [0.2, 0.25) is 0 Å². The summed E-state index contributed by atoms with van der Waals surface area (Å²) in [5.41, 5.74) is 1.24. The summed E-state index contributed by atoms with van der Waals surface area (Å²) in [6.07, 6.45) is 0.0581. The van der Waals surface area contributed by atoms with Crippen molar-refractivity contribution in [1.82, 2.24) is 5.32 Å². The zero-order valence-corrected chi connectivity index (χ0v) is 9.62. The van der Waals surface area contributed by atoms with Crippen molar-refractivity contribution in [3.05, 3.63) is 29.8 Å². The summed E-state index contributed by atoms with van der Waals surface area (Å²) in [6.45, 7) is 3.43. The highest BCUT2D eigenvalue weighted by molar-refractivity contribution is 5.26. The molecule has 1 unspecified atom stereocenters. The van der Waals surface area contributed by atoms with Crippen molar-refractivity contribution in [3.8, 4) is 5.75 Å². The number of nitrogens with one attached hydrogen (secondary N) is 1. The normalized spacial score (nSPS) is 12.5. The molecule has 0 amide bonds. The Labute approximate surface area is 91.4 Å². The highest BCUT2D eigenvalue weighted by atomic mass is 16.5. The molecule has 15 heavy (non-hydrogen) atoms. The number of methoxy groups -OCH3 is 1. The van der Waals surface area contributed by atoms with Crippen molar-refractivity contribution >= 4 is 0 Å². The Morgan fingerprint density at radius 1 is 1.27 bits per heavy atom. The lowest BCUT2D eigenvalue weighted by Crippen LogP contribution is -2.33. The summed E-state index contributed by atoms with van der Waals surface area (Å²) >= 11 is 0. The molecule has 1 aromatic rings. The van der Waals surface area contributed by atoms with Gasteiger partial charge in [0, 0.05) is 13.7 Å². The minimum absolute atomic E-state index is 0.0581. The minimum Gasteiger partial charge on any atom is -0.487 e. The first-order valence-corrected chi connectivity index (χ1v) is 5.13. The summed E-state index contributed by atoms with van der Waals surface area (Å²) in [6, 6.07) is 8.04. The molecule has 0 spiro atoms. The Hall–Kier alpha value is -1.06. The van der Waals surface area contributed by atoms with Crippen LogP contribution >= 0.6 is 0 Å². The van der Waals surface area contributed by atoms with Crippen LogP contribution in [0.4, 0.5) is 0 Å². The van der Waals surface area contributed by atoms with Gasteiger partial charge in [-0.2, -0.15) is 0 Å². The molecule has 0 aromatic heterocycles. The van der Waals surface area contributed by atoms with E-state index in [2.05, 4.69) is 12.2 Å². The maximum absolute atomic E-state index is 5.76. The standard InChI is InChI=1S/C12H19NO2/c1-10-4-6-11(7-5-10)15-12(8-13-2)9-14-3/h4-7,12-13H,8-9H2,1-3H3. The fourth-order valence-corrected chi connectivity index (χ4v) is 1.36. The number of rotatable bonds is 6. The average molecular weight is 209 g/mol. The first-order valence-electron chi connectivity index (χ1n) is 5.13. The SMILES string of the molecule is CNCC(COC)Oc1ccc(C)cc1. The zero-order chi connectivity index (χ0) is 11.1. The third kappa shape index (κ3) is 4.32. The molecule has 1 aromatic carbocycles. The van der Waals surface area contributed by atoms with Crippen molar-refractivity contribution in [2.24, 2.45) is 0 Å². The summed E-state index contributed by atoms with van der Waals surface area (Å²) in [5, 5.41) is 3.08. The summed E-state index contributed by atoms with van der Waals surface area (Å²) in [7, 11) is 3.59. The van der Waals surface area contributed by atoms with Crippen molar-refractivity contribution in [1.29, 1.82) is 0 Å². The van der Waals surface area contributed by atoms with Crippen LogP contribution in [0.5, 0.6) is 5.75 Å². The van der Waals surface area contributed by atoms with Crippen molar-refractivity contribution < 1.29 is 9.47 Å². The van der Waals surface area contributed by atoms with Gasteiger partial charge in [-0.15, -0.1) is 0 Å². The second-order valence-corrected chi connectivity index (χ2v) is 3.57. The van der Waals surface area contributed by atoms with E-state index >= 15 is 0 Å². The number of likely N-dealkylation sites (N-methyl/N-ethyl adjacent to an activating group) is 1. The molecule has 0 bridgehead atoms. The van der Waals surface area contributed by atoms with Gasteiger partial charge in [-0.1, -0.05) is 17.7 Å². The van der Waals surface area contributed by atoms with Crippen LogP contribution in [0, 0.1) is 6.92 Å². The third-order valence-corrected chi connectivity index (χ3v) is 2.11. The van der Waals surface area contributed by atoms with E-state index in [1.807, 2.05) is 31.3 Å². The van der Waals surface area contributed by atoms with Crippen LogP contribution < -0.4 is 10.1 Å². The maximum atomic E-state index is 5.76. The molecule has 0 aliphatic carbocycles. The van der Waals surface area contributed by atoms with Gasteiger partial charge in [0.05, 0.1) is 6.61 Å². The van der Waals surface area contributed by atoms with Crippen LogP contribution in [0.25, 0.3) is 0 Å². The average Bonchev–Trinajstić information content (AvgIpc) is 2.22. The van der Waals surface area contributed by atoms with Gasteiger partial charge in [-0.25, -0.2) is 0 Å². The minimum atomic E-state index is 0.0581. The predicted molar refractivity (Wildman–Crippen MR) is 61.4 cm³/mol. The first kappa shape index (κ1) is 12.0. The van der Waals surface area contributed by atoms with E-state index in [0.717, 1.165) is 12.3 Å². The Bertz CT molecular complexity index is 265. The molecule has 0 saturated carbocycles. The molecule has 0 aliphatic rings. The Morgan fingerprint density at radius 2 is 1.93 bits per heavy atom. The van der Waals surface area contributed by atoms with Crippen LogP contribution in [0.2, 0.25) is 0 Å². The highest BCUT2D eigenvalue weighted by Crippen LogP contribution is 2.13. The van der Waals surface area contributed by atoms with E-state index in [0.29, 0.717) is 6.61 Å². The quantitative estimate of drug-likeness (QED) is 0.772. The van der Waals surface area contributed by atoms with E-state index < -0.39 is 0 Å². The van der Waals surface area contributed by atoms with E-state index in [1.165, 1.54) is 5.56 Å². The molecule has 3 nitrogen and oxygen atoms in total. The number of benzene rings is 1. The van der Waals surface area contributed by atoms with Crippen molar-refractivity contribution in [2.45, 2.75) is 13.0 Å². The highest BCUT2D eigenvalue weighted by Gasteiger charge is 2.08. The molecular weight excluding hydrogens is 190 g/mol. The lowest BCUT2D eigenvalue weighted by molar-refractivity contribution is 0.0818. The number of ether oxygens (including phenoxy) is 2. The molecule has 0 saturated heterocycles. The fraction of sp³-hybridized carbons (Fsp3) is 0.500. The van der Waals surface area contributed by atoms with Crippen LogP contribution in [0.1, 0.15) is 5.56 Å². The van der Waals surface area contributed by atoms with Gasteiger partial charge in [-0.05, 0) is 26.1 Å². The topological polar surface area (TPSA) is 30.5 Å². The fourth-order valence-electron chi connectivity index (χ4n) is 1.36. The molecule has 1 rings (SSSR count).